The van der Waals surface area contributed by atoms with E-state index < -0.39 is 0 Å². The van der Waals surface area contributed by atoms with Gasteiger partial charge in [-0.25, -0.2) is 9.37 Å². The molecule has 0 amide bonds. The molecule has 7 rings (SSSR count). The average molecular weight is 534 g/mol. The van der Waals surface area contributed by atoms with Crippen LogP contribution in [0, 0.1) is 12.7 Å². The molecule has 0 unspecified atom stereocenters. The molecule has 0 spiro atoms. The van der Waals surface area contributed by atoms with Gasteiger partial charge in [-0.1, -0.05) is 0 Å². The first-order chi connectivity index (χ1) is 19.6. The molecule has 6 aromatic rings. The summed E-state index contributed by atoms with van der Waals surface area (Å²) in [5.74, 6) is 0.153. The maximum absolute atomic E-state index is 14.7. The lowest BCUT2D eigenvalue weighted by atomic mass is 10.0. The third-order valence-corrected chi connectivity index (χ3v) is 7.60. The number of likely N-dealkylation sites (tertiary alicyclic amines) is 1. The summed E-state index contributed by atoms with van der Waals surface area (Å²) in [6.45, 7) is 5.63. The van der Waals surface area contributed by atoms with E-state index in [0.717, 1.165) is 64.0 Å². The van der Waals surface area contributed by atoms with Crippen LogP contribution in [-0.4, -0.2) is 61.3 Å². The van der Waals surface area contributed by atoms with E-state index in [1.165, 1.54) is 25.0 Å². The number of benzene rings is 1. The van der Waals surface area contributed by atoms with Gasteiger partial charge in [-0.15, -0.1) is 0 Å². The number of aryl methyl sites for hydroxylation is 1. The standard InChI is InChI=1S/C31H28FN7O/c1-19-4-6-33-18-26(19)21-14-25-30(37-38-31(25)35-17-21)28-16-24-27(36-28)5-7-34-29(24)20-12-22(32)15-23(13-20)40-11-10-39-8-2-3-9-39/h4-7,12-18,36H,2-3,8-11H2,1H3,(H,35,37,38). The molecule has 1 aromatic carbocycles. The molecular weight excluding hydrogens is 505 g/mol. The summed E-state index contributed by atoms with van der Waals surface area (Å²) in [4.78, 5) is 19.3. The van der Waals surface area contributed by atoms with E-state index in [1.807, 2.05) is 36.7 Å². The molecule has 1 fully saturated rings. The van der Waals surface area contributed by atoms with Crippen molar-refractivity contribution in [2.24, 2.45) is 0 Å². The predicted molar refractivity (Wildman–Crippen MR) is 154 cm³/mol. The Bertz CT molecular complexity index is 1840. The fourth-order valence-electron chi connectivity index (χ4n) is 5.52. The highest BCUT2D eigenvalue weighted by Crippen LogP contribution is 2.35. The number of aromatic nitrogens is 6. The molecular formula is C31H28FN7O. The number of H-pyrrole nitrogens is 2. The minimum atomic E-state index is -0.355. The summed E-state index contributed by atoms with van der Waals surface area (Å²) < 4.78 is 20.6. The number of ether oxygens (including phenoxy) is 1. The molecule has 8 nitrogen and oxygen atoms in total. The van der Waals surface area contributed by atoms with Crippen LogP contribution in [0.15, 0.2) is 67.3 Å². The molecule has 40 heavy (non-hydrogen) atoms. The third-order valence-electron chi connectivity index (χ3n) is 7.60. The molecule has 0 saturated carbocycles. The minimum absolute atomic E-state index is 0.355. The normalized spacial score (nSPS) is 13.9. The van der Waals surface area contributed by atoms with Crippen molar-refractivity contribution in [2.75, 3.05) is 26.2 Å². The van der Waals surface area contributed by atoms with Gasteiger partial charge in [0.25, 0.3) is 0 Å². The Labute approximate surface area is 230 Å². The second-order valence-corrected chi connectivity index (χ2v) is 10.3. The zero-order valence-electron chi connectivity index (χ0n) is 22.1. The highest BCUT2D eigenvalue weighted by molar-refractivity contribution is 6.00. The van der Waals surface area contributed by atoms with Crippen LogP contribution in [0.2, 0.25) is 0 Å². The summed E-state index contributed by atoms with van der Waals surface area (Å²) in [5.41, 5.74) is 7.62. The van der Waals surface area contributed by atoms with Crippen LogP contribution >= 0.6 is 0 Å². The smallest absolute Gasteiger partial charge is 0.181 e. The summed E-state index contributed by atoms with van der Waals surface area (Å²) in [6, 6.07) is 12.8. The summed E-state index contributed by atoms with van der Waals surface area (Å²) in [7, 11) is 0. The van der Waals surface area contributed by atoms with E-state index in [9.17, 15) is 4.39 Å². The molecule has 1 aliphatic rings. The van der Waals surface area contributed by atoms with Crippen molar-refractivity contribution in [3.05, 3.63) is 78.6 Å². The highest BCUT2D eigenvalue weighted by Gasteiger charge is 2.17. The largest absolute Gasteiger partial charge is 0.492 e. The SMILES string of the molecule is Cc1ccncc1-c1cnc2n[nH]c(-c3cc4c(-c5cc(F)cc(OCCN6CCCC6)c5)nccc4[nH]3)c2c1. The van der Waals surface area contributed by atoms with E-state index >= 15 is 0 Å². The maximum atomic E-state index is 14.7. The lowest BCUT2D eigenvalue weighted by molar-refractivity contribution is 0.237. The summed E-state index contributed by atoms with van der Waals surface area (Å²) in [5, 5.41) is 9.34. The van der Waals surface area contributed by atoms with Crippen molar-refractivity contribution in [1.82, 2.24) is 35.0 Å². The van der Waals surface area contributed by atoms with E-state index in [0.29, 0.717) is 29.3 Å². The van der Waals surface area contributed by atoms with Crippen molar-refractivity contribution >= 4 is 21.9 Å². The molecule has 0 aliphatic carbocycles. The Morgan fingerprint density at radius 1 is 0.950 bits per heavy atom. The number of aromatic amines is 2. The monoisotopic (exact) mass is 533 g/mol. The van der Waals surface area contributed by atoms with Crippen LogP contribution in [0.1, 0.15) is 18.4 Å². The van der Waals surface area contributed by atoms with Gasteiger partial charge >= 0.3 is 0 Å². The van der Waals surface area contributed by atoms with Gasteiger partial charge in [-0.2, -0.15) is 5.10 Å². The van der Waals surface area contributed by atoms with Crippen molar-refractivity contribution in [1.29, 1.82) is 0 Å². The van der Waals surface area contributed by atoms with Crippen molar-refractivity contribution < 1.29 is 9.13 Å². The number of halogens is 1. The molecule has 1 saturated heterocycles. The Morgan fingerprint density at radius 3 is 2.73 bits per heavy atom. The quantitative estimate of drug-likeness (QED) is 0.256. The highest BCUT2D eigenvalue weighted by atomic mass is 19.1. The summed E-state index contributed by atoms with van der Waals surface area (Å²) in [6.07, 6.45) is 9.64. The second kappa shape index (κ2) is 10.2. The summed E-state index contributed by atoms with van der Waals surface area (Å²) >= 11 is 0. The van der Waals surface area contributed by atoms with Crippen molar-refractivity contribution in [3.8, 4) is 39.5 Å². The lowest BCUT2D eigenvalue weighted by Gasteiger charge is -2.15. The molecule has 1 aliphatic heterocycles. The van der Waals surface area contributed by atoms with Crippen molar-refractivity contribution in [2.45, 2.75) is 19.8 Å². The van der Waals surface area contributed by atoms with Crippen molar-refractivity contribution in [3.63, 3.8) is 0 Å². The van der Waals surface area contributed by atoms with Gasteiger partial charge in [-0.3, -0.25) is 20.0 Å². The molecule has 0 bridgehead atoms. The molecule has 2 N–H and O–H groups in total. The number of nitrogens with zero attached hydrogens (tertiary/aromatic N) is 5. The predicted octanol–water partition coefficient (Wildman–Crippen LogP) is 6.15. The Morgan fingerprint density at radius 2 is 1.85 bits per heavy atom. The van der Waals surface area contributed by atoms with E-state index in [1.54, 1.807) is 12.4 Å². The zero-order chi connectivity index (χ0) is 27.1. The Kier molecular flexibility index (Phi) is 6.20. The van der Waals surface area contributed by atoms with Gasteiger partial charge < -0.3 is 9.72 Å². The first-order valence-electron chi connectivity index (χ1n) is 13.5. The molecule has 0 radical (unpaired) electrons. The molecule has 5 aromatic heterocycles. The first kappa shape index (κ1) is 24.4. The fraction of sp³-hybridized carbons (Fsp3) is 0.226. The maximum Gasteiger partial charge on any atom is 0.181 e. The van der Waals surface area contributed by atoms with Crippen LogP contribution < -0.4 is 4.74 Å². The molecule has 200 valence electrons. The number of pyridine rings is 3. The number of rotatable bonds is 7. The van der Waals surface area contributed by atoms with Crippen LogP contribution in [0.4, 0.5) is 4.39 Å². The minimum Gasteiger partial charge on any atom is -0.492 e. The number of fused-ring (bicyclic) bond motifs is 2. The second-order valence-electron chi connectivity index (χ2n) is 10.3. The first-order valence-corrected chi connectivity index (χ1v) is 13.5. The van der Waals surface area contributed by atoms with Gasteiger partial charge in [0.05, 0.1) is 17.1 Å². The topological polar surface area (TPSA) is 95.6 Å². The fourth-order valence-corrected chi connectivity index (χ4v) is 5.52. The average Bonchev–Trinajstić information content (AvgIpc) is 3.72. The van der Waals surface area contributed by atoms with Crippen LogP contribution in [0.3, 0.4) is 0 Å². The third kappa shape index (κ3) is 4.58. The number of hydrogen-bond acceptors (Lipinski definition) is 6. The van der Waals surface area contributed by atoms with Crippen LogP contribution in [0.5, 0.6) is 5.75 Å². The zero-order valence-corrected chi connectivity index (χ0v) is 22.1. The van der Waals surface area contributed by atoms with Gasteiger partial charge in [0.2, 0.25) is 0 Å². The van der Waals surface area contributed by atoms with E-state index in [2.05, 4.69) is 48.0 Å². The van der Waals surface area contributed by atoms with E-state index in [4.69, 9.17) is 4.74 Å². The van der Waals surface area contributed by atoms with Gasteiger partial charge in [0, 0.05) is 70.4 Å². The number of hydrogen-bond donors (Lipinski definition) is 2. The molecule has 9 heteroatoms. The molecule has 0 atom stereocenters. The van der Waals surface area contributed by atoms with Crippen LogP contribution in [-0.2, 0) is 0 Å². The Balaban J connectivity index is 1.24. The van der Waals surface area contributed by atoms with Gasteiger partial charge in [0.15, 0.2) is 5.65 Å². The van der Waals surface area contributed by atoms with Crippen LogP contribution in [0.25, 0.3) is 55.7 Å². The lowest BCUT2D eigenvalue weighted by Crippen LogP contribution is -2.25. The van der Waals surface area contributed by atoms with Gasteiger partial charge in [0.1, 0.15) is 18.2 Å². The Hall–Kier alpha value is -4.63. The van der Waals surface area contributed by atoms with E-state index in [-0.39, 0.29) is 5.82 Å². The molecule has 6 heterocycles. The van der Waals surface area contributed by atoms with Gasteiger partial charge in [-0.05, 0) is 74.8 Å². The number of nitrogens with one attached hydrogen (secondary N) is 2.